The number of rotatable bonds is 5. The number of esters is 1. The van der Waals surface area contributed by atoms with Crippen LogP contribution in [0.25, 0.3) is 0 Å². The lowest BCUT2D eigenvalue weighted by Crippen LogP contribution is -2.12. The van der Waals surface area contributed by atoms with Crippen molar-refractivity contribution in [1.82, 2.24) is 4.98 Å². The van der Waals surface area contributed by atoms with E-state index in [9.17, 15) is 4.79 Å². The van der Waals surface area contributed by atoms with Crippen molar-refractivity contribution in [3.8, 4) is 6.07 Å². The Morgan fingerprint density at radius 3 is 3.19 bits per heavy atom. The Hall–Kier alpha value is -2.09. The van der Waals surface area contributed by atoms with E-state index in [-0.39, 0.29) is 12.4 Å². The molecule has 0 atom stereocenters. The fourth-order valence-electron chi connectivity index (χ4n) is 1.15. The molecular weight excluding hydrogens is 206 g/mol. The molecule has 1 aromatic heterocycles. The molecule has 0 radical (unpaired) electrons. The molecule has 84 valence electrons. The first kappa shape index (κ1) is 12.0. The summed E-state index contributed by atoms with van der Waals surface area (Å²) >= 11 is 0. The van der Waals surface area contributed by atoms with Gasteiger partial charge < -0.3 is 10.1 Å². The molecule has 1 rings (SSSR count). The van der Waals surface area contributed by atoms with Gasteiger partial charge in [-0.2, -0.15) is 5.26 Å². The Balaban J connectivity index is 2.43. The van der Waals surface area contributed by atoms with Crippen LogP contribution < -0.4 is 5.32 Å². The highest BCUT2D eigenvalue weighted by atomic mass is 16.5. The monoisotopic (exact) mass is 219 g/mol. The molecular formula is C11H13N3O2. The highest BCUT2D eigenvalue weighted by molar-refractivity contribution is 5.70. The van der Waals surface area contributed by atoms with E-state index in [4.69, 9.17) is 10.00 Å². The molecule has 0 fully saturated rings. The van der Waals surface area contributed by atoms with Crippen LogP contribution in [0.15, 0.2) is 18.3 Å². The number of pyridine rings is 1. The molecule has 0 spiro atoms. The fourth-order valence-corrected chi connectivity index (χ4v) is 1.15. The van der Waals surface area contributed by atoms with Crippen LogP contribution in [0.5, 0.6) is 0 Å². The Morgan fingerprint density at radius 1 is 1.69 bits per heavy atom. The molecule has 0 saturated heterocycles. The first-order valence-electron chi connectivity index (χ1n) is 5.02. The normalized spacial score (nSPS) is 9.25. The average Bonchev–Trinajstić information content (AvgIpc) is 2.30. The van der Waals surface area contributed by atoms with E-state index in [2.05, 4.69) is 10.3 Å². The van der Waals surface area contributed by atoms with Gasteiger partial charge in [0, 0.05) is 12.7 Å². The number of anilines is 1. The molecule has 0 unspecified atom stereocenters. The first-order valence-corrected chi connectivity index (χ1v) is 5.02. The molecule has 1 aromatic rings. The van der Waals surface area contributed by atoms with Gasteiger partial charge in [-0.15, -0.1) is 0 Å². The zero-order valence-corrected chi connectivity index (χ0v) is 9.06. The minimum Gasteiger partial charge on any atom is -0.466 e. The fraction of sp³-hybridized carbons (Fsp3) is 0.364. The predicted molar refractivity (Wildman–Crippen MR) is 58.7 cm³/mol. The number of carbonyl (C=O) groups is 1. The zero-order valence-electron chi connectivity index (χ0n) is 9.06. The lowest BCUT2D eigenvalue weighted by Gasteiger charge is -2.06. The van der Waals surface area contributed by atoms with Crippen molar-refractivity contribution in [2.45, 2.75) is 13.3 Å². The number of hydrogen-bond donors (Lipinski definition) is 1. The van der Waals surface area contributed by atoms with Crippen LogP contribution in [0.2, 0.25) is 0 Å². The number of hydrogen-bond acceptors (Lipinski definition) is 5. The minimum atomic E-state index is -0.260. The smallest absolute Gasteiger partial charge is 0.307 e. The standard InChI is InChI=1S/C11H13N3O2/c1-2-16-10(15)5-7-14-11-9(8-12)4-3-6-13-11/h3-4,6H,2,5,7H2,1H3,(H,13,14). The van der Waals surface area contributed by atoms with Gasteiger partial charge in [0.2, 0.25) is 0 Å². The van der Waals surface area contributed by atoms with Crippen molar-refractivity contribution in [3.05, 3.63) is 23.9 Å². The molecule has 0 saturated carbocycles. The van der Waals surface area contributed by atoms with E-state index in [1.165, 1.54) is 0 Å². The summed E-state index contributed by atoms with van der Waals surface area (Å²) in [5.41, 5.74) is 0.464. The van der Waals surface area contributed by atoms with Crippen molar-refractivity contribution in [1.29, 1.82) is 5.26 Å². The maximum absolute atomic E-state index is 11.0. The topological polar surface area (TPSA) is 75.0 Å². The Morgan fingerprint density at radius 2 is 2.50 bits per heavy atom. The Bertz CT molecular complexity index is 398. The van der Waals surface area contributed by atoms with Crippen molar-refractivity contribution in [2.24, 2.45) is 0 Å². The van der Waals surface area contributed by atoms with Crippen LogP contribution in [0.4, 0.5) is 5.82 Å². The van der Waals surface area contributed by atoms with E-state index in [0.717, 1.165) is 0 Å². The van der Waals surface area contributed by atoms with Crippen LogP contribution in [0, 0.1) is 11.3 Å². The van der Waals surface area contributed by atoms with E-state index in [0.29, 0.717) is 24.5 Å². The number of nitrogens with one attached hydrogen (secondary N) is 1. The van der Waals surface area contributed by atoms with Gasteiger partial charge in [0.1, 0.15) is 11.9 Å². The van der Waals surface area contributed by atoms with Crippen LogP contribution in [-0.2, 0) is 9.53 Å². The van der Waals surface area contributed by atoms with Gasteiger partial charge in [-0.25, -0.2) is 4.98 Å². The maximum Gasteiger partial charge on any atom is 0.307 e. The van der Waals surface area contributed by atoms with Gasteiger partial charge in [0.15, 0.2) is 0 Å². The quantitative estimate of drug-likeness (QED) is 0.756. The summed E-state index contributed by atoms with van der Waals surface area (Å²) in [5.74, 6) is 0.235. The molecule has 0 aromatic carbocycles. The molecule has 5 heteroatoms. The summed E-state index contributed by atoms with van der Waals surface area (Å²) in [6.45, 7) is 2.55. The Labute approximate surface area is 94.1 Å². The second kappa shape index (κ2) is 6.40. The van der Waals surface area contributed by atoms with Crippen molar-refractivity contribution in [2.75, 3.05) is 18.5 Å². The molecule has 0 aliphatic carbocycles. The van der Waals surface area contributed by atoms with Crippen LogP contribution in [0.3, 0.4) is 0 Å². The van der Waals surface area contributed by atoms with Gasteiger partial charge >= 0.3 is 5.97 Å². The van der Waals surface area contributed by atoms with Gasteiger partial charge in [-0.3, -0.25) is 4.79 Å². The first-order chi connectivity index (χ1) is 7.77. The molecule has 16 heavy (non-hydrogen) atoms. The summed E-state index contributed by atoms with van der Waals surface area (Å²) in [6.07, 6.45) is 1.85. The largest absolute Gasteiger partial charge is 0.466 e. The molecule has 0 aliphatic rings. The van der Waals surface area contributed by atoms with Crippen molar-refractivity contribution >= 4 is 11.8 Å². The van der Waals surface area contributed by atoms with Gasteiger partial charge in [-0.1, -0.05) is 0 Å². The third-order valence-corrected chi connectivity index (χ3v) is 1.86. The third-order valence-electron chi connectivity index (χ3n) is 1.86. The molecule has 0 bridgehead atoms. The van der Waals surface area contributed by atoms with Crippen LogP contribution in [-0.4, -0.2) is 24.1 Å². The van der Waals surface area contributed by atoms with Gasteiger partial charge in [-0.05, 0) is 19.1 Å². The van der Waals surface area contributed by atoms with E-state index in [1.54, 1.807) is 25.3 Å². The van der Waals surface area contributed by atoms with E-state index >= 15 is 0 Å². The number of nitrogens with zero attached hydrogens (tertiary/aromatic N) is 2. The summed E-state index contributed by atoms with van der Waals surface area (Å²) < 4.78 is 4.77. The molecule has 5 nitrogen and oxygen atoms in total. The van der Waals surface area contributed by atoms with E-state index < -0.39 is 0 Å². The van der Waals surface area contributed by atoms with Crippen molar-refractivity contribution in [3.63, 3.8) is 0 Å². The van der Waals surface area contributed by atoms with Crippen LogP contribution in [0.1, 0.15) is 18.9 Å². The predicted octanol–water partition coefficient (Wildman–Crippen LogP) is 1.32. The van der Waals surface area contributed by atoms with Crippen LogP contribution >= 0.6 is 0 Å². The SMILES string of the molecule is CCOC(=O)CCNc1ncccc1C#N. The highest BCUT2D eigenvalue weighted by Gasteiger charge is 2.04. The molecule has 1 N–H and O–H groups in total. The number of nitriles is 1. The lowest BCUT2D eigenvalue weighted by atomic mass is 10.3. The van der Waals surface area contributed by atoms with E-state index in [1.807, 2.05) is 6.07 Å². The lowest BCUT2D eigenvalue weighted by molar-refractivity contribution is -0.142. The minimum absolute atomic E-state index is 0.259. The summed E-state index contributed by atoms with van der Waals surface area (Å²) in [6, 6.07) is 5.37. The molecule has 0 amide bonds. The average molecular weight is 219 g/mol. The highest BCUT2D eigenvalue weighted by Crippen LogP contribution is 2.09. The maximum atomic E-state index is 11.0. The Kier molecular flexibility index (Phi) is 4.80. The third kappa shape index (κ3) is 3.58. The van der Waals surface area contributed by atoms with Gasteiger partial charge in [0.25, 0.3) is 0 Å². The number of ether oxygens (including phenoxy) is 1. The summed E-state index contributed by atoms with van der Waals surface area (Å²) in [4.78, 5) is 15.0. The summed E-state index contributed by atoms with van der Waals surface area (Å²) in [7, 11) is 0. The zero-order chi connectivity index (χ0) is 11.8. The molecule has 0 aliphatic heterocycles. The van der Waals surface area contributed by atoms with Gasteiger partial charge in [0.05, 0.1) is 18.6 Å². The number of aromatic nitrogens is 1. The molecule has 1 heterocycles. The number of carbonyl (C=O) groups excluding carboxylic acids is 1. The second-order valence-electron chi connectivity index (χ2n) is 2.99. The second-order valence-corrected chi connectivity index (χ2v) is 2.99. The summed E-state index contributed by atoms with van der Waals surface area (Å²) in [5, 5.41) is 11.7. The van der Waals surface area contributed by atoms with Crippen molar-refractivity contribution < 1.29 is 9.53 Å².